The Labute approximate surface area is 122 Å². The second-order valence-electron chi connectivity index (χ2n) is 5.33. The maximum atomic E-state index is 12.0. The predicted molar refractivity (Wildman–Crippen MR) is 76.7 cm³/mol. The SMILES string of the molecule is CC(NC(=O)CC1CCCC1)c1csc(C(=O)NO)c1. The van der Waals surface area contributed by atoms with Crippen molar-refractivity contribution in [3.63, 3.8) is 0 Å². The molecule has 0 radical (unpaired) electrons. The molecule has 1 saturated carbocycles. The van der Waals surface area contributed by atoms with Crippen LogP contribution >= 0.6 is 11.3 Å². The minimum atomic E-state index is -0.522. The summed E-state index contributed by atoms with van der Waals surface area (Å²) in [6.45, 7) is 1.90. The number of carbonyl (C=O) groups is 2. The average Bonchev–Trinajstić information content (AvgIpc) is 3.08. The van der Waals surface area contributed by atoms with Crippen LogP contribution in [0.4, 0.5) is 0 Å². The summed E-state index contributed by atoms with van der Waals surface area (Å²) in [6.07, 6.45) is 5.37. The average molecular weight is 296 g/mol. The normalized spacial score (nSPS) is 16.9. The van der Waals surface area contributed by atoms with Gasteiger partial charge in [0.1, 0.15) is 0 Å². The molecule has 6 heteroatoms. The second-order valence-corrected chi connectivity index (χ2v) is 6.24. The molecule has 0 spiro atoms. The van der Waals surface area contributed by atoms with Crippen LogP contribution in [0.15, 0.2) is 11.4 Å². The Balaban J connectivity index is 1.87. The van der Waals surface area contributed by atoms with E-state index >= 15 is 0 Å². The van der Waals surface area contributed by atoms with E-state index in [2.05, 4.69) is 5.32 Å². The molecule has 2 amide bonds. The lowest BCUT2D eigenvalue weighted by atomic mass is 10.0. The van der Waals surface area contributed by atoms with Gasteiger partial charge >= 0.3 is 0 Å². The van der Waals surface area contributed by atoms with Gasteiger partial charge in [0.15, 0.2) is 0 Å². The first kappa shape index (κ1) is 15.0. The van der Waals surface area contributed by atoms with Crippen LogP contribution in [0, 0.1) is 5.92 Å². The second kappa shape index (κ2) is 6.85. The van der Waals surface area contributed by atoms with Crippen molar-refractivity contribution in [2.24, 2.45) is 5.92 Å². The molecule has 1 heterocycles. The molecule has 2 rings (SSSR count). The van der Waals surface area contributed by atoms with Crippen molar-refractivity contribution in [3.8, 4) is 0 Å². The Hall–Kier alpha value is -1.40. The molecule has 1 aromatic heterocycles. The number of amides is 2. The first-order chi connectivity index (χ1) is 9.60. The molecule has 5 nitrogen and oxygen atoms in total. The van der Waals surface area contributed by atoms with E-state index in [-0.39, 0.29) is 11.9 Å². The van der Waals surface area contributed by atoms with E-state index in [0.29, 0.717) is 17.2 Å². The highest BCUT2D eigenvalue weighted by molar-refractivity contribution is 7.12. The van der Waals surface area contributed by atoms with Crippen LogP contribution in [-0.2, 0) is 4.79 Å². The van der Waals surface area contributed by atoms with Gasteiger partial charge in [0.25, 0.3) is 5.91 Å². The number of hydrogen-bond donors (Lipinski definition) is 3. The van der Waals surface area contributed by atoms with Crippen molar-refractivity contribution in [1.29, 1.82) is 0 Å². The largest absolute Gasteiger partial charge is 0.350 e. The van der Waals surface area contributed by atoms with E-state index in [1.165, 1.54) is 24.2 Å². The number of rotatable bonds is 5. The van der Waals surface area contributed by atoms with Crippen LogP contribution < -0.4 is 10.8 Å². The van der Waals surface area contributed by atoms with E-state index in [1.54, 1.807) is 11.5 Å². The molecule has 3 N–H and O–H groups in total. The van der Waals surface area contributed by atoms with Crippen LogP contribution in [-0.4, -0.2) is 17.0 Å². The van der Waals surface area contributed by atoms with E-state index in [1.807, 2.05) is 12.3 Å². The third kappa shape index (κ3) is 3.80. The topological polar surface area (TPSA) is 78.4 Å². The third-order valence-corrected chi connectivity index (χ3v) is 4.72. The lowest BCUT2D eigenvalue weighted by Crippen LogP contribution is -2.27. The standard InChI is InChI=1S/C14H20N2O3S/c1-9(11-7-12(20-8-11)14(18)16-19)15-13(17)6-10-4-2-3-5-10/h7-10,19H,2-6H2,1H3,(H,15,17)(H,16,18). The van der Waals surface area contributed by atoms with Crippen molar-refractivity contribution in [1.82, 2.24) is 10.8 Å². The summed E-state index contributed by atoms with van der Waals surface area (Å²) in [6, 6.07) is 1.57. The lowest BCUT2D eigenvalue weighted by Gasteiger charge is -2.14. The first-order valence-electron chi connectivity index (χ1n) is 6.92. The van der Waals surface area contributed by atoms with Gasteiger partial charge in [0.2, 0.25) is 5.91 Å². The van der Waals surface area contributed by atoms with Gasteiger partial charge < -0.3 is 5.32 Å². The van der Waals surface area contributed by atoms with Crippen molar-refractivity contribution in [2.45, 2.75) is 45.1 Å². The van der Waals surface area contributed by atoms with Gasteiger partial charge in [-0.25, -0.2) is 5.48 Å². The molecular formula is C14H20N2O3S. The molecule has 20 heavy (non-hydrogen) atoms. The fraction of sp³-hybridized carbons (Fsp3) is 0.571. The number of nitrogens with one attached hydrogen (secondary N) is 2. The van der Waals surface area contributed by atoms with Crippen molar-refractivity contribution < 1.29 is 14.8 Å². The number of thiophene rings is 1. The summed E-state index contributed by atoms with van der Waals surface area (Å²) in [7, 11) is 0. The number of hydrogen-bond acceptors (Lipinski definition) is 4. The molecule has 1 fully saturated rings. The van der Waals surface area contributed by atoms with Gasteiger partial charge in [-0.1, -0.05) is 12.8 Å². The summed E-state index contributed by atoms with van der Waals surface area (Å²) < 4.78 is 0. The van der Waals surface area contributed by atoms with Gasteiger partial charge in [-0.2, -0.15) is 0 Å². The van der Waals surface area contributed by atoms with Crippen molar-refractivity contribution in [3.05, 3.63) is 21.9 Å². The van der Waals surface area contributed by atoms with Gasteiger partial charge in [0.05, 0.1) is 10.9 Å². The Morgan fingerprint density at radius 2 is 2.15 bits per heavy atom. The molecule has 1 unspecified atom stereocenters. The van der Waals surface area contributed by atoms with Crippen molar-refractivity contribution >= 4 is 23.2 Å². The highest BCUT2D eigenvalue weighted by atomic mass is 32.1. The smallest absolute Gasteiger partial charge is 0.284 e. The van der Waals surface area contributed by atoms with E-state index in [4.69, 9.17) is 5.21 Å². The van der Waals surface area contributed by atoms with Gasteiger partial charge in [-0.15, -0.1) is 11.3 Å². The van der Waals surface area contributed by atoms with E-state index in [9.17, 15) is 9.59 Å². The summed E-state index contributed by atoms with van der Waals surface area (Å²) in [5.41, 5.74) is 2.49. The zero-order chi connectivity index (χ0) is 14.5. The highest BCUT2D eigenvalue weighted by Crippen LogP contribution is 2.28. The van der Waals surface area contributed by atoms with E-state index in [0.717, 1.165) is 18.4 Å². The van der Waals surface area contributed by atoms with Gasteiger partial charge in [-0.3, -0.25) is 14.8 Å². The number of hydroxylamine groups is 1. The Bertz CT molecular complexity index is 481. The summed E-state index contributed by atoms with van der Waals surface area (Å²) in [5, 5.41) is 13.4. The summed E-state index contributed by atoms with van der Waals surface area (Å²) >= 11 is 1.25. The number of carbonyl (C=O) groups excluding carboxylic acids is 2. The van der Waals surface area contributed by atoms with Crippen molar-refractivity contribution in [2.75, 3.05) is 0 Å². The van der Waals surface area contributed by atoms with Crippen LogP contribution in [0.2, 0.25) is 0 Å². The first-order valence-corrected chi connectivity index (χ1v) is 7.80. The molecule has 110 valence electrons. The minimum absolute atomic E-state index is 0.0729. The van der Waals surface area contributed by atoms with Gasteiger partial charge in [-0.05, 0) is 42.7 Å². The molecule has 1 aromatic rings. The molecule has 0 aromatic carbocycles. The maximum Gasteiger partial charge on any atom is 0.284 e. The quantitative estimate of drug-likeness (QED) is 0.577. The fourth-order valence-corrected chi connectivity index (χ4v) is 3.50. The molecular weight excluding hydrogens is 276 g/mol. The molecule has 1 aliphatic carbocycles. The molecule has 0 bridgehead atoms. The van der Waals surface area contributed by atoms with Crippen LogP contribution in [0.3, 0.4) is 0 Å². The van der Waals surface area contributed by atoms with E-state index < -0.39 is 5.91 Å². The summed E-state index contributed by atoms with van der Waals surface area (Å²) in [4.78, 5) is 23.6. The molecule has 0 aliphatic heterocycles. The Morgan fingerprint density at radius 3 is 2.80 bits per heavy atom. The highest BCUT2D eigenvalue weighted by Gasteiger charge is 2.20. The van der Waals surface area contributed by atoms with Gasteiger partial charge in [0, 0.05) is 6.42 Å². The fourth-order valence-electron chi connectivity index (χ4n) is 2.61. The minimum Gasteiger partial charge on any atom is -0.350 e. The van der Waals surface area contributed by atoms with Crippen LogP contribution in [0.5, 0.6) is 0 Å². The molecule has 1 aliphatic rings. The van der Waals surface area contributed by atoms with Crippen LogP contribution in [0.25, 0.3) is 0 Å². The zero-order valence-corrected chi connectivity index (χ0v) is 12.3. The lowest BCUT2D eigenvalue weighted by molar-refractivity contribution is -0.122. The monoisotopic (exact) mass is 296 g/mol. The predicted octanol–water partition coefficient (Wildman–Crippen LogP) is 2.62. The molecule has 0 saturated heterocycles. The zero-order valence-electron chi connectivity index (χ0n) is 11.5. The van der Waals surface area contributed by atoms with Crippen LogP contribution in [0.1, 0.15) is 60.3 Å². The molecule has 1 atom stereocenters. The maximum absolute atomic E-state index is 12.0. The Morgan fingerprint density at radius 1 is 1.45 bits per heavy atom. The third-order valence-electron chi connectivity index (χ3n) is 3.77. The Kier molecular flexibility index (Phi) is 5.14. The summed E-state index contributed by atoms with van der Waals surface area (Å²) in [5.74, 6) is 0.0786.